The number of benzene rings is 1. The van der Waals surface area contributed by atoms with Crippen LogP contribution in [-0.2, 0) is 14.4 Å². The van der Waals surface area contributed by atoms with Crippen LogP contribution in [-0.4, -0.2) is 28.6 Å². The zero-order valence-corrected chi connectivity index (χ0v) is 14.9. The van der Waals surface area contributed by atoms with Gasteiger partial charge in [-0.3, -0.25) is 19.2 Å². The SMILES string of the molecule is C=C(NC(=O)C(=C)NC(=O)c1coc(-c2ccc(NC(C)=O)cc2)n1)C(N)=O. The van der Waals surface area contributed by atoms with Crippen molar-refractivity contribution in [1.29, 1.82) is 0 Å². The Morgan fingerprint density at radius 2 is 1.68 bits per heavy atom. The van der Waals surface area contributed by atoms with Crippen molar-refractivity contribution in [2.24, 2.45) is 5.73 Å². The molecule has 0 fully saturated rings. The molecule has 4 amide bonds. The monoisotopic (exact) mass is 383 g/mol. The van der Waals surface area contributed by atoms with Crippen LogP contribution in [0.4, 0.5) is 5.69 Å². The van der Waals surface area contributed by atoms with E-state index in [1.165, 1.54) is 6.92 Å². The smallest absolute Gasteiger partial charge is 0.277 e. The van der Waals surface area contributed by atoms with E-state index < -0.39 is 17.7 Å². The van der Waals surface area contributed by atoms with E-state index in [0.29, 0.717) is 11.3 Å². The van der Waals surface area contributed by atoms with Crippen molar-refractivity contribution in [1.82, 2.24) is 15.6 Å². The summed E-state index contributed by atoms with van der Waals surface area (Å²) in [6, 6.07) is 6.61. The Balaban J connectivity index is 2.02. The topological polar surface area (TPSA) is 156 Å². The Hall–Kier alpha value is -4.21. The van der Waals surface area contributed by atoms with E-state index in [4.69, 9.17) is 10.2 Å². The summed E-state index contributed by atoms with van der Waals surface area (Å²) >= 11 is 0. The van der Waals surface area contributed by atoms with E-state index in [1.54, 1.807) is 24.3 Å². The van der Waals surface area contributed by atoms with E-state index in [0.717, 1.165) is 6.26 Å². The Morgan fingerprint density at radius 1 is 1.04 bits per heavy atom. The molecule has 0 aliphatic heterocycles. The largest absolute Gasteiger partial charge is 0.444 e. The molecule has 0 aliphatic rings. The molecule has 0 saturated heterocycles. The zero-order chi connectivity index (χ0) is 20.8. The first kappa shape index (κ1) is 20.1. The van der Waals surface area contributed by atoms with Gasteiger partial charge in [0.15, 0.2) is 5.69 Å². The van der Waals surface area contributed by atoms with Crippen LogP contribution in [0, 0.1) is 0 Å². The summed E-state index contributed by atoms with van der Waals surface area (Å²) < 4.78 is 5.27. The van der Waals surface area contributed by atoms with Crippen molar-refractivity contribution in [2.45, 2.75) is 6.92 Å². The molecule has 10 nitrogen and oxygen atoms in total. The third-order valence-electron chi connectivity index (χ3n) is 3.29. The fourth-order valence-corrected chi connectivity index (χ4v) is 1.94. The minimum atomic E-state index is -0.918. The Labute approximate surface area is 159 Å². The third-order valence-corrected chi connectivity index (χ3v) is 3.29. The quantitative estimate of drug-likeness (QED) is 0.515. The van der Waals surface area contributed by atoms with Crippen LogP contribution in [0.5, 0.6) is 0 Å². The number of primary amides is 1. The van der Waals surface area contributed by atoms with Gasteiger partial charge in [-0.25, -0.2) is 4.98 Å². The van der Waals surface area contributed by atoms with Gasteiger partial charge in [0, 0.05) is 18.2 Å². The van der Waals surface area contributed by atoms with Crippen LogP contribution in [0.15, 0.2) is 59.5 Å². The lowest BCUT2D eigenvalue weighted by Gasteiger charge is -2.08. The van der Waals surface area contributed by atoms with Gasteiger partial charge in [0.25, 0.3) is 17.7 Å². The van der Waals surface area contributed by atoms with Gasteiger partial charge in [-0.05, 0) is 24.3 Å². The lowest BCUT2D eigenvalue weighted by atomic mass is 10.2. The molecular weight excluding hydrogens is 366 g/mol. The normalized spacial score (nSPS) is 9.89. The molecule has 1 heterocycles. The molecular formula is C18H17N5O5. The van der Waals surface area contributed by atoms with E-state index in [1.807, 2.05) is 0 Å². The maximum atomic E-state index is 12.2. The number of nitrogens with two attached hydrogens (primary N) is 1. The summed E-state index contributed by atoms with van der Waals surface area (Å²) in [7, 11) is 0. The Morgan fingerprint density at radius 3 is 2.25 bits per heavy atom. The maximum Gasteiger partial charge on any atom is 0.277 e. The Kier molecular flexibility index (Phi) is 6.07. The molecule has 0 saturated carbocycles. The average Bonchev–Trinajstić information content (AvgIpc) is 3.11. The van der Waals surface area contributed by atoms with Crippen molar-refractivity contribution in [2.75, 3.05) is 5.32 Å². The number of nitrogens with zero attached hydrogens (tertiary/aromatic N) is 1. The zero-order valence-electron chi connectivity index (χ0n) is 14.9. The van der Waals surface area contributed by atoms with Crippen molar-refractivity contribution < 1.29 is 23.6 Å². The molecule has 0 bridgehead atoms. The number of hydrogen-bond donors (Lipinski definition) is 4. The number of oxazole rings is 1. The second-order valence-corrected chi connectivity index (χ2v) is 5.53. The fourth-order valence-electron chi connectivity index (χ4n) is 1.94. The molecule has 2 rings (SSSR count). The van der Waals surface area contributed by atoms with Crippen LogP contribution in [0.1, 0.15) is 17.4 Å². The molecule has 1 aromatic carbocycles. The number of rotatable bonds is 7. The molecule has 2 aromatic rings. The first-order valence-corrected chi connectivity index (χ1v) is 7.81. The highest BCUT2D eigenvalue weighted by atomic mass is 16.3. The maximum absolute atomic E-state index is 12.2. The summed E-state index contributed by atoms with van der Waals surface area (Å²) in [5.74, 6) is -2.55. The minimum absolute atomic E-state index is 0.0939. The molecule has 144 valence electrons. The fraction of sp³-hybridized carbons (Fsp3) is 0.0556. The number of aromatic nitrogens is 1. The first-order valence-electron chi connectivity index (χ1n) is 7.81. The number of hydrogen-bond acceptors (Lipinski definition) is 6. The number of carbonyl (C=O) groups is 4. The van der Waals surface area contributed by atoms with Crippen LogP contribution in [0.25, 0.3) is 11.5 Å². The highest BCUT2D eigenvalue weighted by Crippen LogP contribution is 2.21. The molecule has 0 aliphatic carbocycles. The van der Waals surface area contributed by atoms with Crippen molar-refractivity contribution in [3.8, 4) is 11.5 Å². The minimum Gasteiger partial charge on any atom is -0.444 e. The van der Waals surface area contributed by atoms with Crippen molar-refractivity contribution >= 4 is 29.3 Å². The first-order chi connectivity index (χ1) is 13.2. The van der Waals surface area contributed by atoms with Gasteiger partial charge in [-0.15, -0.1) is 0 Å². The van der Waals surface area contributed by atoms with Gasteiger partial charge in [-0.1, -0.05) is 13.2 Å². The predicted octanol–water partition coefficient (Wildman–Crippen LogP) is 0.659. The lowest BCUT2D eigenvalue weighted by molar-refractivity contribution is -0.120. The Bertz CT molecular complexity index is 975. The summed E-state index contributed by atoms with van der Waals surface area (Å²) in [6.07, 6.45) is 1.11. The van der Waals surface area contributed by atoms with E-state index >= 15 is 0 Å². The molecule has 0 radical (unpaired) electrons. The molecule has 0 spiro atoms. The van der Waals surface area contributed by atoms with Crippen LogP contribution in [0.3, 0.4) is 0 Å². The highest BCUT2D eigenvalue weighted by Gasteiger charge is 2.18. The summed E-state index contributed by atoms with van der Waals surface area (Å²) in [5, 5.41) is 6.94. The average molecular weight is 383 g/mol. The molecule has 5 N–H and O–H groups in total. The summed E-state index contributed by atoms with van der Waals surface area (Å²) in [6.45, 7) is 8.06. The number of nitrogens with one attached hydrogen (secondary N) is 3. The molecule has 0 unspecified atom stereocenters. The van der Waals surface area contributed by atoms with Gasteiger partial charge in [0.05, 0.1) is 11.4 Å². The van der Waals surface area contributed by atoms with Crippen LogP contribution in [0.2, 0.25) is 0 Å². The van der Waals surface area contributed by atoms with E-state index in [2.05, 4.69) is 34.1 Å². The van der Waals surface area contributed by atoms with Gasteiger partial charge in [0.1, 0.15) is 6.26 Å². The van der Waals surface area contributed by atoms with Gasteiger partial charge in [-0.2, -0.15) is 0 Å². The molecule has 0 atom stereocenters. The summed E-state index contributed by atoms with van der Waals surface area (Å²) in [5.41, 5.74) is 5.35. The van der Waals surface area contributed by atoms with Crippen molar-refractivity contribution in [3.63, 3.8) is 0 Å². The van der Waals surface area contributed by atoms with E-state index in [9.17, 15) is 19.2 Å². The van der Waals surface area contributed by atoms with Gasteiger partial charge >= 0.3 is 0 Å². The second-order valence-electron chi connectivity index (χ2n) is 5.53. The highest BCUT2D eigenvalue weighted by molar-refractivity contribution is 6.05. The second kappa shape index (κ2) is 8.45. The van der Waals surface area contributed by atoms with Crippen LogP contribution < -0.4 is 21.7 Å². The van der Waals surface area contributed by atoms with Gasteiger partial charge < -0.3 is 26.1 Å². The molecule has 28 heavy (non-hydrogen) atoms. The van der Waals surface area contributed by atoms with Gasteiger partial charge in [0.2, 0.25) is 11.8 Å². The molecule has 10 heteroatoms. The number of anilines is 1. The summed E-state index contributed by atoms with van der Waals surface area (Å²) in [4.78, 5) is 49.9. The third kappa shape index (κ3) is 5.14. The lowest BCUT2D eigenvalue weighted by Crippen LogP contribution is -2.36. The number of carbonyl (C=O) groups excluding carboxylic acids is 4. The van der Waals surface area contributed by atoms with E-state index in [-0.39, 0.29) is 28.9 Å². The predicted molar refractivity (Wildman–Crippen MR) is 99.3 cm³/mol. The standard InChI is InChI=1S/C18H17N5O5/c1-9(15(19)25)20-16(26)10(2)21-17(27)14-8-28-18(23-14)12-4-6-13(7-5-12)22-11(3)24/h4-8H,1-2H2,3H3,(H2,19,25)(H,20,26)(H,21,27)(H,22,24). The molecule has 1 aromatic heterocycles. The number of amides is 4. The van der Waals surface area contributed by atoms with Crippen molar-refractivity contribution in [3.05, 3.63) is 60.8 Å². The van der Waals surface area contributed by atoms with Crippen LogP contribution >= 0.6 is 0 Å².